The summed E-state index contributed by atoms with van der Waals surface area (Å²) < 4.78 is 13.3. The van der Waals surface area contributed by atoms with Crippen LogP contribution in [-0.2, 0) is 0 Å². The van der Waals surface area contributed by atoms with Gasteiger partial charge in [-0.3, -0.25) is 0 Å². The van der Waals surface area contributed by atoms with E-state index in [2.05, 4.69) is 0 Å². The number of nitrogens with two attached hydrogens (primary N) is 1. The summed E-state index contributed by atoms with van der Waals surface area (Å²) in [6, 6.07) is 6.79. The van der Waals surface area contributed by atoms with Crippen molar-refractivity contribution in [2.75, 3.05) is 12.3 Å². The third kappa shape index (κ3) is 5.52. The predicted molar refractivity (Wildman–Crippen MR) is 70.7 cm³/mol. The van der Waals surface area contributed by atoms with Crippen LogP contribution in [0.15, 0.2) is 29.2 Å². The first kappa shape index (κ1) is 14.5. The molecule has 0 aliphatic rings. The zero-order chi connectivity index (χ0) is 12.7. The van der Waals surface area contributed by atoms with E-state index in [0.717, 1.165) is 18.6 Å². The van der Waals surface area contributed by atoms with Crippen molar-refractivity contribution in [3.05, 3.63) is 30.1 Å². The maximum atomic E-state index is 13.3. The minimum absolute atomic E-state index is 0.161. The molecular formula is C13H20FNOS. The van der Waals surface area contributed by atoms with Crippen molar-refractivity contribution in [2.24, 2.45) is 5.73 Å². The third-order valence-electron chi connectivity index (χ3n) is 2.64. The van der Waals surface area contributed by atoms with Crippen LogP contribution in [0.4, 0.5) is 4.39 Å². The number of hydrogen-bond donors (Lipinski definition) is 2. The van der Waals surface area contributed by atoms with Crippen molar-refractivity contribution < 1.29 is 9.50 Å². The van der Waals surface area contributed by atoms with Gasteiger partial charge < -0.3 is 10.8 Å². The van der Waals surface area contributed by atoms with Crippen LogP contribution < -0.4 is 5.73 Å². The molecule has 4 heteroatoms. The monoisotopic (exact) mass is 257 g/mol. The van der Waals surface area contributed by atoms with Crippen LogP contribution in [0.2, 0.25) is 0 Å². The third-order valence-corrected chi connectivity index (χ3v) is 3.78. The molecule has 0 spiro atoms. The van der Waals surface area contributed by atoms with Crippen molar-refractivity contribution in [1.82, 2.24) is 0 Å². The van der Waals surface area contributed by atoms with E-state index < -0.39 is 5.60 Å². The summed E-state index contributed by atoms with van der Waals surface area (Å²) in [5.41, 5.74) is 4.67. The molecule has 1 rings (SSSR count). The summed E-state index contributed by atoms with van der Waals surface area (Å²) >= 11 is 1.52. The number of thioether (sulfide) groups is 1. The van der Waals surface area contributed by atoms with Crippen LogP contribution in [0.1, 0.15) is 26.2 Å². The lowest BCUT2D eigenvalue weighted by Crippen LogP contribution is -2.33. The summed E-state index contributed by atoms with van der Waals surface area (Å²) in [7, 11) is 0. The fourth-order valence-corrected chi connectivity index (χ4v) is 2.40. The van der Waals surface area contributed by atoms with Crippen LogP contribution >= 0.6 is 11.8 Å². The molecule has 96 valence electrons. The zero-order valence-electron chi connectivity index (χ0n) is 10.2. The second-order valence-electron chi connectivity index (χ2n) is 4.44. The Morgan fingerprint density at radius 1 is 1.35 bits per heavy atom. The van der Waals surface area contributed by atoms with Gasteiger partial charge >= 0.3 is 0 Å². The Morgan fingerprint density at radius 3 is 2.71 bits per heavy atom. The van der Waals surface area contributed by atoms with Gasteiger partial charge in [-0.1, -0.05) is 12.1 Å². The van der Waals surface area contributed by atoms with Crippen LogP contribution in [0.25, 0.3) is 0 Å². The van der Waals surface area contributed by atoms with Crippen LogP contribution in [0.5, 0.6) is 0 Å². The Kier molecular flexibility index (Phi) is 5.95. The number of benzene rings is 1. The highest BCUT2D eigenvalue weighted by Gasteiger charge is 2.16. The van der Waals surface area contributed by atoms with Crippen LogP contribution in [0.3, 0.4) is 0 Å². The lowest BCUT2D eigenvalue weighted by molar-refractivity contribution is 0.0577. The number of halogens is 1. The van der Waals surface area contributed by atoms with E-state index in [1.807, 2.05) is 6.07 Å². The maximum absolute atomic E-state index is 13.3. The standard InChI is InChI=1S/C13H20FNOS/c1-13(16,10-15)8-4-5-9-17-12-7-3-2-6-11(12)14/h2-3,6-7,16H,4-5,8-10,15H2,1H3. The minimum atomic E-state index is -0.761. The van der Waals surface area contributed by atoms with Gasteiger partial charge in [-0.05, 0) is 44.1 Å². The lowest BCUT2D eigenvalue weighted by atomic mass is 10.00. The maximum Gasteiger partial charge on any atom is 0.136 e. The van der Waals surface area contributed by atoms with E-state index in [9.17, 15) is 9.50 Å². The molecule has 1 aromatic rings. The molecule has 1 unspecified atom stereocenters. The molecule has 3 N–H and O–H groups in total. The fourth-order valence-electron chi connectivity index (χ4n) is 1.45. The van der Waals surface area contributed by atoms with Gasteiger partial charge in [-0.25, -0.2) is 4.39 Å². The summed E-state index contributed by atoms with van der Waals surface area (Å²) in [5.74, 6) is 0.702. The lowest BCUT2D eigenvalue weighted by Gasteiger charge is -2.20. The first-order valence-corrected chi connectivity index (χ1v) is 6.83. The highest BCUT2D eigenvalue weighted by atomic mass is 32.2. The minimum Gasteiger partial charge on any atom is -0.389 e. The Morgan fingerprint density at radius 2 is 2.06 bits per heavy atom. The molecule has 2 nitrogen and oxygen atoms in total. The molecule has 0 aromatic heterocycles. The highest BCUT2D eigenvalue weighted by molar-refractivity contribution is 7.99. The molecule has 17 heavy (non-hydrogen) atoms. The van der Waals surface area contributed by atoms with E-state index in [1.165, 1.54) is 17.8 Å². The second-order valence-corrected chi connectivity index (χ2v) is 5.57. The first-order chi connectivity index (χ1) is 8.05. The molecule has 0 radical (unpaired) electrons. The highest BCUT2D eigenvalue weighted by Crippen LogP contribution is 2.23. The van der Waals surface area contributed by atoms with E-state index in [0.29, 0.717) is 11.3 Å². The van der Waals surface area contributed by atoms with Crippen molar-refractivity contribution >= 4 is 11.8 Å². The Balaban J connectivity index is 2.19. The first-order valence-electron chi connectivity index (χ1n) is 5.85. The van der Waals surface area contributed by atoms with E-state index in [1.54, 1.807) is 19.1 Å². The molecule has 0 amide bonds. The predicted octanol–water partition coefficient (Wildman–Crippen LogP) is 2.80. The topological polar surface area (TPSA) is 46.2 Å². The molecule has 0 saturated heterocycles. The fraction of sp³-hybridized carbons (Fsp3) is 0.538. The molecule has 0 heterocycles. The molecule has 0 bridgehead atoms. The molecule has 1 aromatic carbocycles. The van der Waals surface area contributed by atoms with Gasteiger partial charge in [0.2, 0.25) is 0 Å². The Hall–Kier alpha value is -0.580. The number of unbranched alkanes of at least 4 members (excludes halogenated alkanes) is 1. The van der Waals surface area contributed by atoms with Gasteiger partial charge in [0.25, 0.3) is 0 Å². The SMILES string of the molecule is CC(O)(CN)CCCCSc1ccccc1F. The summed E-state index contributed by atoms with van der Waals surface area (Å²) in [6.45, 7) is 2.03. The van der Waals surface area contributed by atoms with Crippen molar-refractivity contribution in [2.45, 2.75) is 36.7 Å². The van der Waals surface area contributed by atoms with E-state index in [4.69, 9.17) is 5.73 Å². The van der Waals surface area contributed by atoms with Gasteiger partial charge in [-0.2, -0.15) is 0 Å². The summed E-state index contributed by atoms with van der Waals surface area (Å²) in [4.78, 5) is 0.693. The second kappa shape index (κ2) is 6.99. The van der Waals surface area contributed by atoms with Gasteiger partial charge in [-0.15, -0.1) is 11.8 Å². The average Bonchev–Trinajstić information content (AvgIpc) is 2.31. The molecule has 0 aliphatic carbocycles. The van der Waals surface area contributed by atoms with Gasteiger partial charge in [0.05, 0.1) is 5.60 Å². The summed E-state index contributed by atoms with van der Waals surface area (Å²) in [5, 5.41) is 9.69. The van der Waals surface area contributed by atoms with Gasteiger partial charge in [0, 0.05) is 11.4 Å². The molecule has 1 atom stereocenters. The van der Waals surface area contributed by atoms with Crippen molar-refractivity contribution in [1.29, 1.82) is 0 Å². The largest absolute Gasteiger partial charge is 0.389 e. The quantitative estimate of drug-likeness (QED) is 0.583. The smallest absolute Gasteiger partial charge is 0.136 e. The van der Waals surface area contributed by atoms with E-state index in [-0.39, 0.29) is 12.4 Å². The zero-order valence-corrected chi connectivity index (χ0v) is 11.0. The van der Waals surface area contributed by atoms with Crippen LogP contribution in [0, 0.1) is 5.82 Å². The number of aliphatic hydroxyl groups is 1. The van der Waals surface area contributed by atoms with Crippen molar-refractivity contribution in [3.8, 4) is 0 Å². The molecule has 0 fully saturated rings. The average molecular weight is 257 g/mol. The Labute approximate surface area is 106 Å². The molecular weight excluding hydrogens is 237 g/mol. The van der Waals surface area contributed by atoms with Gasteiger partial charge in [0.1, 0.15) is 5.82 Å². The molecule has 0 saturated carbocycles. The Bertz CT molecular complexity index is 344. The molecule has 0 aliphatic heterocycles. The van der Waals surface area contributed by atoms with E-state index >= 15 is 0 Å². The van der Waals surface area contributed by atoms with Crippen LogP contribution in [-0.4, -0.2) is 23.0 Å². The number of hydrogen-bond acceptors (Lipinski definition) is 3. The normalized spacial score (nSPS) is 14.6. The van der Waals surface area contributed by atoms with Gasteiger partial charge in [0.15, 0.2) is 0 Å². The number of rotatable bonds is 7. The summed E-state index contributed by atoms with van der Waals surface area (Å²) in [6.07, 6.45) is 2.56. The van der Waals surface area contributed by atoms with Crippen molar-refractivity contribution in [3.63, 3.8) is 0 Å².